The summed E-state index contributed by atoms with van der Waals surface area (Å²) in [5.74, 6) is 0.572. The lowest BCUT2D eigenvalue weighted by molar-refractivity contribution is 0.398. The van der Waals surface area contributed by atoms with Crippen molar-refractivity contribution >= 4 is 18.1 Å². The van der Waals surface area contributed by atoms with Crippen molar-refractivity contribution in [1.82, 2.24) is 4.98 Å². The molecule has 10 heavy (non-hydrogen) atoms. The van der Waals surface area contributed by atoms with Crippen LogP contribution in [0.25, 0.3) is 0 Å². The number of aromatic nitrogens is 1. The fourth-order valence-corrected chi connectivity index (χ4v) is 0.655. The van der Waals surface area contributed by atoms with Gasteiger partial charge in [-0.15, -0.1) is 0 Å². The van der Waals surface area contributed by atoms with E-state index in [0.717, 1.165) is 0 Å². The van der Waals surface area contributed by atoms with Crippen LogP contribution in [0.4, 0.5) is 5.69 Å². The van der Waals surface area contributed by atoms with Crippen LogP contribution in [0.1, 0.15) is 0 Å². The number of hydrogen-bond donors (Lipinski definition) is 0. The van der Waals surface area contributed by atoms with E-state index in [1.807, 2.05) is 0 Å². The second kappa shape index (κ2) is 3.22. The third kappa shape index (κ3) is 1.48. The van der Waals surface area contributed by atoms with Gasteiger partial charge < -0.3 is 4.74 Å². The highest BCUT2D eigenvalue weighted by Gasteiger charge is 1.90. The largest absolute Gasteiger partial charge is 0.481 e. The molecule has 1 heterocycles. The topological polar surface area (TPSA) is 34.5 Å². The highest BCUT2D eigenvalue weighted by molar-refractivity contribution is 7.47. The molecule has 1 rings (SSSR count). The minimum Gasteiger partial charge on any atom is -0.481 e. The minimum atomic E-state index is 0.572. The second-order valence-corrected chi connectivity index (χ2v) is 1.83. The zero-order valence-electron chi connectivity index (χ0n) is 5.44. The Labute approximate surface area is 64.2 Å². The van der Waals surface area contributed by atoms with Crippen LogP contribution in [-0.2, 0) is 12.4 Å². The van der Waals surface area contributed by atoms with Crippen molar-refractivity contribution in [3.05, 3.63) is 18.3 Å². The molecule has 0 bridgehead atoms. The molecule has 0 atom stereocenters. The van der Waals surface area contributed by atoms with E-state index in [1.54, 1.807) is 25.4 Å². The Morgan fingerprint density at radius 2 is 2.40 bits per heavy atom. The maximum Gasteiger partial charge on any atom is 0.213 e. The second-order valence-electron chi connectivity index (χ2n) is 1.65. The first-order valence-electron chi connectivity index (χ1n) is 2.70. The van der Waals surface area contributed by atoms with Gasteiger partial charge in [-0.3, -0.25) is 0 Å². The Morgan fingerprint density at radius 3 is 2.80 bits per heavy atom. The van der Waals surface area contributed by atoms with Gasteiger partial charge in [0.2, 0.25) is 5.88 Å². The number of pyridine rings is 1. The molecule has 0 aromatic carbocycles. The highest BCUT2D eigenvalue weighted by atomic mass is 32.1. The molecule has 0 N–H and O–H groups in total. The van der Waals surface area contributed by atoms with Gasteiger partial charge in [-0.05, 0) is 6.07 Å². The number of hydrogen-bond acceptors (Lipinski definition) is 4. The third-order valence-electron chi connectivity index (χ3n) is 1.04. The summed E-state index contributed by atoms with van der Waals surface area (Å²) in [6.45, 7) is 0. The lowest BCUT2D eigenvalue weighted by Gasteiger charge is -1.95. The van der Waals surface area contributed by atoms with E-state index < -0.39 is 0 Å². The van der Waals surface area contributed by atoms with Crippen molar-refractivity contribution in [3.63, 3.8) is 0 Å². The molecule has 0 spiro atoms. The Bertz CT molecular complexity index is 222. The first kappa shape index (κ1) is 7.08. The molecule has 0 saturated heterocycles. The van der Waals surface area contributed by atoms with Crippen molar-refractivity contribution < 1.29 is 4.74 Å². The number of ether oxygens (including phenoxy) is 1. The third-order valence-corrected chi connectivity index (χ3v) is 1.25. The van der Waals surface area contributed by atoms with Crippen LogP contribution in [0, 0.1) is 0 Å². The molecule has 0 aliphatic carbocycles. The van der Waals surface area contributed by atoms with E-state index in [2.05, 4.69) is 21.8 Å². The molecule has 0 aliphatic rings. The maximum absolute atomic E-state index is 4.83. The molecule has 0 saturated carbocycles. The summed E-state index contributed by atoms with van der Waals surface area (Å²) in [6.07, 6.45) is 1.56. The average Bonchev–Trinajstić information content (AvgIpc) is 2.05. The average molecular weight is 154 g/mol. The van der Waals surface area contributed by atoms with Crippen molar-refractivity contribution in [3.8, 4) is 5.88 Å². The highest BCUT2D eigenvalue weighted by Crippen LogP contribution is 2.12. The minimum absolute atomic E-state index is 0.572. The Hall–Kier alpha value is -1.03. The molecular formula is C6H6N2OS. The summed E-state index contributed by atoms with van der Waals surface area (Å²) in [6, 6.07) is 3.46. The Balaban J connectivity index is 2.90. The first-order valence-corrected chi connectivity index (χ1v) is 3.06. The summed E-state index contributed by atoms with van der Waals surface area (Å²) in [4.78, 5) is 3.89. The van der Waals surface area contributed by atoms with Gasteiger partial charge >= 0.3 is 0 Å². The maximum atomic E-state index is 4.83. The van der Waals surface area contributed by atoms with E-state index in [0.29, 0.717) is 11.6 Å². The van der Waals surface area contributed by atoms with Gasteiger partial charge in [-0.2, -0.15) is 4.36 Å². The van der Waals surface area contributed by atoms with Crippen molar-refractivity contribution in [2.75, 3.05) is 7.11 Å². The summed E-state index contributed by atoms with van der Waals surface area (Å²) < 4.78 is 8.34. The predicted molar refractivity (Wildman–Crippen MR) is 40.2 cm³/mol. The Morgan fingerprint density at radius 1 is 1.60 bits per heavy atom. The number of rotatable bonds is 2. The summed E-state index contributed by atoms with van der Waals surface area (Å²) in [7, 11) is 1.56. The van der Waals surface area contributed by atoms with Gasteiger partial charge in [0.15, 0.2) is 0 Å². The molecule has 1 aromatic heterocycles. The van der Waals surface area contributed by atoms with Crippen LogP contribution in [0.5, 0.6) is 5.88 Å². The predicted octanol–water partition coefficient (Wildman–Crippen LogP) is 1.45. The van der Waals surface area contributed by atoms with E-state index in [4.69, 9.17) is 4.74 Å². The van der Waals surface area contributed by atoms with Gasteiger partial charge in [0, 0.05) is 18.5 Å². The number of nitrogens with zero attached hydrogens (tertiary/aromatic N) is 2. The van der Waals surface area contributed by atoms with E-state index >= 15 is 0 Å². The summed E-state index contributed by atoms with van der Waals surface area (Å²) >= 11 is 4.44. The van der Waals surface area contributed by atoms with E-state index in [1.165, 1.54) is 0 Å². The van der Waals surface area contributed by atoms with Crippen LogP contribution < -0.4 is 4.74 Å². The quantitative estimate of drug-likeness (QED) is 0.646. The van der Waals surface area contributed by atoms with Crippen LogP contribution in [-0.4, -0.2) is 12.1 Å². The van der Waals surface area contributed by atoms with Crippen molar-refractivity contribution in [1.29, 1.82) is 0 Å². The lowest BCUT2D eigenvalue weighted by Crippen LogP contribution is -1.84. The molecule has 0 amide bonds. The van der Waals surface area contributed by atoms with E-state index in [9.17, 15) is 0 Å². The molecule has 0 fully saturated rings. The standard InChI is InChI=1S/C6H6N2OS/c1-9-6-3-2-5(8-10)4-7-6/h2-4H,1H3. The lowest BCUT2D eigenvalue weighted by atomic mass is 10.4. The zero-order valence-corrected chi connectivity index (χ0v) is 6.26. The van der Waals surface area contributed by atoms with Gasteiger partial charge in [-0.25, -0.2) is 4.98 Å². The molecule has 4 heteroatoms. The molecule has 0 radical (unpaired) electrons. The van der Waals surface area contributed by atoms with Gasteiger partial charge in [0.25, 0.3) is 0 Å². The monoisotopic (exact) mass is 154 g/mol. The molecule has 3 nitrogen and oxygen atoms in total. The fourth-order valence-electron chi connectivity index (χ4n) is 0.547. The zero-order chi connectivity index (χ0) is 7.40. The Kier molecular flexibility index (Phi) is 2.28. The first-order chi connectivity index (χ1) is 4.86. The summed E-state index contributed by atoms with van der Waals surface area (Å²) in [5, 5.41) is 0. The van der Waals surface area contributed by atoms with Gasteiger partial charge in [0.1, 0.15) is 0 Å². The van der Waals surface area contributed by atoms with E-state index in [-0.39, 0.29) is 0 Å². The van der Waals surface area contributed by atoms with Gasteiger partial charge in [-0.1, -0.05) is 0 Å². The SMILES string of the molecule is COc1ccc(N=S)cn1. The molecule has 0 aliphatic heterocycles. The molecule has 1 aromatic rings. The van der Waals surface area contributed by atoms with Crippen LogP contribution in [0.2, 0.25) is 0 Å². The summed E-state index contributed by atoms with van der Waals surface area (Å²) in [5.41, 5.74) is 0.677. The van der Waals surface area contributed by atoms with Crippen LogP contribution >= 0.6 is 0 Å². The molecule has 0 unspecified atom stereocenters. The smallest absolute Gasteiger partial charge is 0.213 e. The number of methoxy groups -OCH3 is 1. The molecular weight excluding hydrogens is 148 g/mol. The van der Waals surface area contributed by atoms with Crippen LogP contribution in [0.3, 0.4) is 0 Å². The molecule has 52 valence electrons. The van der Waals surface area contributed by atoms with Crippen molar-refractivity contribution in [2.24, 2.45) is 4.36 Å². The van der Waals surface area contributed by atoms with Gasteiger partial charge in [0.05, 0.1) is 19.0 Å². The van der Waals surface area contributed by atoms with Crippen molar-refractivity contribution in [2.45, 2.75) is 0 Å². The fraction of sp³-hybridized carbons (Fsp3) is 0.167. The van der Waals surface area contributed by atoms with Crippen LogP contribution in [0.15, 0.2) is 22.7 Å². The normalized spacial score (nSPS) is 8.90.